The molecule has 0 fully saturated rings. The van der Waals surface area contributed by atoms with E-state index in [0.717, 1.165) is 0 Å². The maximum absolute atomic E-state index is 9.09. The molecule has 0 aliphatic heterocycles. The van der Waals surface area contributed by atoms with Crippen LogP contribution in [0.4, 0.5) is 0 Å². The van der Waals surface area contributed by atoms with Gasteiger partial charge in [0.25, 0.3) is 0 Å². The molecule has 0 atom stereocenters. The van der Waals surface area contributed by atoms with Crippen LogP contribution in [0.1, 0.15) is 20.8 Å². The number of aliphatic hydroxyl groups is 2. The molecule has 0 radical (unpaired) electrons. The van der Waals surface area contributed by atoms with Crippen molar-refractivity contribution in [1.82, 2.24) is 0 Å². The lowest BCUT2D eigenvalue weighted by molar-refractivity contribution is 0.235. The molecule has 0 aromatic heterocycles. The van der Waals surface area contributed by atoms with E-state index in [9.17, 15) is 0 Å². The largest absolute Gasteiger partial charge is 0.415 e. The number of hydrogen-bond acceptors (Lipinski definition) is 3. The molecule has 3 nitrogen and oxygen atoms in total. The van der Waals surface area contributed by atoms with Crippen LogP contribution in [-0.2, 0) is 4.43 Å². The first-order valence-electron chi connectivity index (χ1n) is 3.70. The Morgan fingerprint density at radius 3 is 1.55 bits per heavy atom. The van der Waals surface area contributed by atoms with Crippen molar-refractivity contribution in [1.29, 1.82) is 0 Å². The topological polar surface area (TPSA) is 49.7 Å². The molecule has 0 aliphatic rings. The molecule has 2 N–H and O–H groups in total. The van der Waals surface area contributed by atoms with E-state index in [4.69, 9.17) is 14.6 Å². The second-order valence-electron chi connectivity index (χ2n) is 3.76. The predicted molar refractivity (Wildman–Crippen MR) is 46.6 cm³/mol. The highest BCUT2D eigenvalue weighted by atomic mass is 28.4. The van der Waals surface area contributed by atoms with Gasteiger partial charge in [-0.05, 0) is 5.04 Å². The number of rotatable bonds is 3. The molecule has 0 aromatic carbocycles. The van der Waals surface area contributed by atoms with Gasteiger partial charge in [-0.25, -0.2) is 0 Å². The van der Waals surface area contributed by atoms with Crippen LogP contribution in [0.3, 0.4) is 0 Å². The smallest absolute Gasteiger partial charge is 0.247 e. The van der Waals surface area contributed by atoms with Crippen LogP contribution in [0.5, 0.6) is 0 Å². The Labute approximate surface area is 69.1 Å². The zero-order valence-electron chi connectivity index (χ0n) is 7.72. The predicted octanol–water partition coefficient (Wildman–Crippen LogP) is 0.441. The van der Waals surface area contributed by atoms with E-state index in [1.807, 2.05) is 20.8 Å². The standard InChI is InChI=1S/C7H18O3Si/c1-7(2,3)11(5-8,6-9)10-4/h8-9H,5-6H2,1-4H3. The summed E-state index contributed by atoms with van der Waals surface area (Å²) < 4.78 is 5.24. The maximum Gasteiger partial charge on any atom is 0.247 e. The Morgan fingerprint density at radius 2 is 1.55 bits per heavy atom. The monoisotopic (exact) mass is 178 g/mol. The summed E-state index contributed by atoms with van der Waals surface area (Å²) >= 11 is 0. The van der Waals surface area contributed by atoms with Crippen molar-refractivity contribution in [2.75, 3.05) is 19.6 Å². The Balaban J connectivity index is 4.54. The van der Waals surface area contributed by atoms with Gasteiger partial charge in [-0.1, -0.05) is 20.8 Å². The van der Waals surface area contributed by atoms with Gasteiger partial charge in [0, 0.05) is 7.11 Å². The molecular formula is C7H18O3Si. The number of hydrogen-bond donors (Lipinski definition) is 2. The number of aliphatic hydroxyl groups excluding tert-OH is 2. The molecule has 0 aromatic rings. The zero-order valence-corrected chi connectivity index (χ0v) is 8.72. The third-order valence-electron chi connectivity index (χ3n) is 2.27. The minimum Gasteiger partial charge on any atom is -0.415 e. The van der Waals surface area contributed by atoms with Crippen molar-refractivity contribution in [3.8, 4) is 0 Å². The van der Waals surface area contributed by atoms with Gasteiger partial charge in [-0.3, -0.25) is 0 Å². The van der Waals surface area contributed by atoms with Crippen LogP contribution < -0.4 is 0 Å². The molecular weight excluding hydrogens is 160 g/mol. The summed E-state index contributed by atoms with van der Waals surface area (Å²) in [4.78, 5) is 0. The third kappa shape index (κ3) is 2.02. The van der Waals surface area contributed by atoms with Crippen molar-refractivity contribution >= 4 is 8.32 Å². The fourth-order valence-corrected chi connectivity index (χ4v) is 2.88. The van der Waals surface area contributed by atoms with E-state index in [1.54, 1.807) is 7.11 Å². The van der Waals surface area contributed by atoms with Gasteiger partial charge in [-0.15, -0.1) is 0 Å². The molecule has 0 saturated carbocycles. The van der Waals surface area contributed by atoms with Crippen LogP contribution >= 0.6 is 0 Å². The third-order valence-corrected chi connectivity index (χ3v) is 6.81. The Morgan fingerprint density at radius 1 is 1.18 bits per heavy atom. The Bertz CT molecular complexity index is 107. The van der Waals surface area contributed by atoms with Gasteiger partial charge in [-0.2, -0.15) is 0 Å². The van der Waals surface area contributed by atoms with Gasteiger partial charge in [0.2, 0.25) is 8.32 Å². The van der Waals surface area contributed by atoms with Crippen LogP contribution in [0, 0.1) is 0 Å². The molecule has 4 heteroatoms. The summed E-state index contributed by atoms with van der Waals surface area (Å²) in [6, 6.07) is 0. The molecule has 0 saturated heterocycles. The fourth-order valence-electron chi connectivity index (χ4n) is 0.960. The quantitative estimate of drug-likeness (QED) is 0.617. The van der Waals surface area contributed by atoms with Crippen LogP contribution in [0.2, 0.25) is 5.04 Å². The molecule has 68 valence electrons. The lowest BCUT2D eigenvalue weighted by atomic mass is 10.2. The van der Waals surface area contributed by atoms with Gasteiger partial charge in [0.15, 0.2) is 0 Å². The first kappa shape index (κ1) is 11.1. The normalized spacial score (nSPS) is 13.6. The van der Waals surface area contributed by atoms with E-state index < -0.39 is 8.32 Å². The SMILES string of the molecule is CO[Si](CO)(CO)C(C)(C)C. The summed E-state index contributed by atoms with van der Waals surface area (Å²) in [6.07, 6.45) is -0.0486. The second-order valence-corrected chi connectivity index (χ2v) is 8.29. The van der Waals surface area contributed by atoms with Crippen LogP contribution in [0.25, 0.3) is 0 Å². The van der Waals surface area contributed by atoms with E-state index in [0.29, 0.717) is 0 Å². The lowest BCUT2D eigenvalue weighted by Crippen LogP contribution is -2.54. The Kier molecular flexibility index (Phi) is 3.70. The van der Waals surface area contributed by atoms with E-state index in [2.05, 4.69) is 0 Å². The summed E-state index contributed by atoms with van der Waals surface area (Å²) in [6.45, 7) is 5.94. The van der Waals surface area contributed by atoms with Gasteiger partial charge < -0.3 is 14.6 Å². The molecule has 0 unspecified atom stereocenters. The summed E-state index contributed by atoms with van der Waals surface area (Å²) in [5.74, 6) is 0. The molecule has 0 bridgehead atoms. The Hall–Kier alpha value is 0.0969. The maximum atomic E-state index is 9.09. The van der Waals surface area contributed by atoms with Gasteiger partial charge >= 0.3 is 0 Å². The average molecular weight is 178 g/mol. The highest BCUT2D eigenvalue weighted by Crippen LogP contribution is 2.35. The van der Waals surface area contributed by atoms with E-state index >= 15 is 0 Å². The van der Waals surface area contributed by atoms with Crippen LogP contribution in [0.15, 0.2) is 0 Å². The summed E-state index contributed by atoms with van der Waals surface area (Å²) in [7, 11) is -0.748. The summed E-state index contributed by atoms with van der Waals surface area (Å²) in [5, 5.41) is 18.1. The van der Waals surface area contributed by atoms with E-state index in [-0.39, 0.29) is 17.5 Å². The molecule has 0 heterocycles. The lowest BCUT2D eigenvalue weighted by Gasteiger charge is -2.37. The first-order chi connectivity index (χ1) is 4.93. The fraction of sp³-hybridized carbons (Fsp3) is 1.00. The van der Waals surface area contributed by atoms with Gasteiger partial charge in [0.05, 0.1) is 12.5 Å². The van der Waals surface area contributed by atoms with Crippen molar-refractivity contribution in [3.05, 3.63) is 0 Å². The van der Waals surface area contributed by atoms with Crippen molar-refractivity contribution in [2.24, 2.45) is 0 Å². The summed E-state index contributed by atoms with van der Waals surface area (Å²) in [5.41, 5.74) is 0. The highest BCUT2D eigenvalue weighted by Gasteiger charge is 2.45. The molecule has 0 rings (SSSR count). The van der Waals surface area contributed by atoms with Crippen molar-refractivity contribution in [3.63, 3.8) is 0 Å². The average Bonchev–Trinajstić information content (AvgIpc) is 1.90. The van der Waals surface area contributed by atoms with Crippen LogP contribution in [-0.4, -0.2) is 38.1 Å². The second kappa shape index (κ2) is 3.67. The molecule has 0 amide bonds. The first-order valence-corrected chi connectivity index (χ1v) is 6.02. The van der Waals surface area contributed by atoms with Gasteiger partial charge in [0.1, 0.15) is 0 Å². The minimum absolute atomic E-state index is 0.0243. The van der Waals surface area contributed by atoms with Crippen molar-refractivity contribution < 1.29 is 14.6 Å². The molecule has 0 spiro atoms. The molecule has 0 aliphatic carbocycles. The van der Waals surface area contributed by atoms with Crippen molar-refractivity contribution in [2.45, 2.75) is 25.8 Å². The van der Waals surface area contributed by atoms with E-state index in [1.165, 1.54) is 0 Å². The highest BCUT2D eigenvalue weighted by molar-refractivity contribution is 6.76. The molecule has 11 heavy (non-hydrogen) atoms. The zero-order chi connectivity index (χ0) is 9.12. The minimum atomic E-state index is -2.31.